The second-order valence-electron chi connectivity index (χ2n) is 8.89. The third kappa shape index (κ3) is 3.93. The number of likely N-dealkylation sites (tertiary alicyclic amines) is 1. The molecule has 3 amide bonds. The molecule has 2 rings (SSSR count). The van der Waals surface area contributed by atoms with Crippen LogP contribution in [0.15, 0.2) is 0 Å². The van der Waals surface area contributed by atoms with E-state index >= 15 is 0 Å². The summed E-state index contributed by atoms with van der Waals surface area (Å²) in [4.78, 5) is 26.6. The zero-order valence-electron chi connectivity index (χ0n) is 16.1. The van der Waals surface area contributed by atoms with E-state index < -0.39 is 5.54 Å². The molecule has 5 heteroatoms. The summed E-state index contributed by atoms with van der Waals surface area (Å²) >= 11 is 0. The fraction of sp³-hybridized carbons (Fsp3) is 0.895. The van der Waals surface area contributed by atoms with Crippen molar-refractivity contribution in [3.63, 3.8) is 0 Å². The molecule has 2 aliphatic rings. The summed E-state index contributed by atoms with van der Waals surface area (Å²) in [5, 5.41) is 5.35. The van der Waals surface area contributed by atoms with Gasteiger partial charge in [-0.1, -0.05) is 39.0 Å². The molecule has 0 atom stereocenters. The minimum Gasteiger partial charge on any atom is -0.323 e. The van der Waals surface area contributed by atoms with E-state index in [1.807, 2.05) is 0 Å². The van der Waals surface area contributed by atoms with Gasteiger partial charge in [-0.2, -0.15) is 0 Å². The van der Waals surface area contributed by atoms with Gasteiger partial charge in [0.25, 0.3) is 5.91 Å². The predicted molar refractivity (Wildman–Crippen MR) is 96.9 cm³/mol. The van der Waals surface area contributed by atoms with Crippen LogP contribution in [0.25, 0.3) is 0 Å². The van der Waals surface area contributed by atoms with Gasteiger partial charge in [-0.15, -0.1) is 0 Å². The standard InChI is InChI=1S/C19H35N3O2/c1-6-7-8-9-10-11-12-22-17(2,3)13-19(14-18(22,4)5)15(23)20-16(24)21-19/h6-14H2,1-5H3,(H2,20,21,23,24). The first-order valence-corrected chi connectivity index (χ1v) is 9.54. The largest absolute Gasteiger partial charge is 0.323 e. The van der Waals surface area contributed by atoms with Gasteiger partial charge >= 0.3 is 6.03 Å². The van der Waals surface area contributed by atoms with E-state index in [0.717, 1.165) is 6.54 Å². The number of unbranched alkanes of at least 4 members (excludes halogenated alkanes) is 5. The van der Waals surface area contributed by atoms with E-state index in [1.54, 1.807) is 0 Å². The van der Waals surface area contributed by atoms with Crippen LogP contribution < -0.4 is 10.6 Å². The van der Waals surface area contributed by atoms with Crippen molar-refractivity contribution in [1.29, 1.82) is 0 Å². The Morgan fingerprint density at radius 3 is 1.96 bits per heavy atom. The SMILES string of the molecule is CCCCCCCCN1C(C)(C)CC2(CC1(C)C)NC(=O)NC2=O. The van der Waals surface area contributed by atoms with Crippen molar-refractivity contribution in [3.8, 4) is 0 Å². The molecule has 2 saturated heterocycles. The number of amides is 3. The number of imide groups is 1. The number of carbonyl (C=O) groups excluding carboxylic acids is 2. The molecule has 0 radical (unpaired) electrons. The lowest BCUT2D eigenvalue weighted by Gasteiger charge is -2.57. The Kier molecular flexibility index (Phi) is 5.63. The maximum atomic E-state index is 12.4. The van der Waals surface area contributed by atoms with Crippen LogP contribution in [0.4, 0.5) is 4.79 Å². The molecule has 1 spiro atoms. The predicted octanol–water partition coefficient (Wildman–Crippen LogP) is 3.58. The Morgan fingerprint density at radius 1 is 0.917 bits per heavy atom. The third-order valence-corrected chi connectivity index (χ3v) is 5.68. The molecule has 0 saturated carbocycles. The van der Waals surface area contributed by atoms with Gasteiger partial charge in [-0.05, 0) is 53.5 Å². The molecule has 0 aromatic rings. The minimum atomic E-state index is -0.748. The molecule has 138 valence electrons. The molecule has 2 heterocycles. The lowest BCUT2D eigenvalue weighted by Crippen LogP contribution is -2.69. The van der Waals surface area contributed by atoms with E-state index in [2.05, 4.69) is 50.2 Å². The molecule has 2 fully saturated rings. The van der Waals surface area contributed by atoms with Crippen LogP contribution in [0.5, 0.6) is 0 Å². The highest BCUT2D eigenvalue weighted by Crippen LogP contribution is 2.44. The molecule has 2 N–H and O–H groups in total. The summed E-state index contributed by atoms with van der Waals surface area (Å²) in [7, 11) is 0. The summed E-state index contributed by atoms with van der Waals surface area (Å²) in [6.07, 6.45) is 9.05. The van der Waals surface area contributed by atoms with Gasteiger partial charge in [-0.25, -0.2) is 4.79 Å². The first-order chi connectivity index (χ1) is 11.1. The van der Waals surface area contributed by atoms with E-state index in [-0.39, 0.29) is 23.0 Å². The maximum Gasteiger partial charge on any atom is 0.322 e. The van der Waals surface area contributed by atoms with Gasteiger partial charge in [0.2, 0.25) is 0 Å². The third-order valence-electron chi connectivity index (χ3n) is 5.68. The van der Waals surface area contributed by atoms with Crippen molar-refractivity contribution in [1.82, 2.24) is 15.5 Å². The van der Waals surface area contributed by atoms with Crippen LogP contribution >= 0.6 is 0 Å². The van der Waals surface area contributed by atoms with E-state index in [0.29, 0.717) is 12.8 Å². The highest BCUT2D eigenvalue weighted by atomic mass is 16.2. The average molecular weight is 338 g/mol. The lowest BCUT2D eigenvalue weighted by molar-refractivity contribution is -0.134. The molecule has 0 bridgehead atoms. The molecule has 0 aliphatic carbocycles. The molecular weight excluding hydrogens is 302 g/mol. The summed E-state index contributed by atoms with van der Waals surface area (Å²) in [5.41, 5.74) is -0.998. The normalized spacial score (nSPS) is 24.9. The van der Waals surface area contributed by atoms with E-state index in [1.165, 1.54) is 38.5 Å². The summed E-state index contributed by atoms with van der Waals surface area (Å²) in [5.74, 6) is -0.159. The molecular formula is C19H35N3O2. The topological polar surface area (TPSA) is 61.4 Å². The van der Waals surface area contributed by atoms with Crippen molar-refractivity contribution >= 4 is 11.9 Å². The summed E-state index contributed by atoms with van der Waals surface area (Å²) in [6.45, 7) is 12.1. The maximum absolute atomic E-state index is 12.4. The summed E-state index contributed by atoms with van der Waals surface area (Å²) in [6, 6.07) is -0.351. The highest BCUT2D eigenvalue weighted by Gasteiger charge is 2.58. The molecule has 0 aromatic heterocycles. The zero-order chi connectivity index (χ0) is 18.0. The molecule has 24 heavy (non-hydrogen) atoms. The number of carbonyl (C=O) groups is 2. The Balaban J connectivity index is 2.01. The van der Waals surface area contributed by atoms with Crippen molar-refractivity contribution in [2.45, 2.75) is 103 Å². The fourth-order valence-corrected chi connectivity index (χ4v) is 4.98. The first-order valence-electron chi connectivity index (χ1n) is 9.54. The average Bonchev–Trinajstić information content (AvgIpc) is 2.68. The number of nitrogens with zero attached hydrogens (tertiary/aromatic N) is 1. The van der Waals surface area contributed by atoms with Crippen LogP contribution in [0.2, 0.25) is 0 Å². The fourth-order valence-electron chi connectivity index (χ4n) is 4.98. The second kappa shape index (κ2) is 7.03. The van der Waals surface area contributed by atoms with Crippen molar-refractivity contribution in [2.75, 3.05) is 6.54 Å². The monoisotopic (exact) mass is 337 g/mol. The number of urea groups is 1. The first kappa shape index (κ1) is 19.2. The van der Waals surface area contributed by atoms with Gasteiger partial charge < -0.3 is 5.32 Å². The summed E-state index contributed by atoms with van der Waals surface area (Å²) < 4.78 is 0. The van der Waals surface area contributed by atoms with Gasteiger partial charge in [0.05, 0.1) is 0 Å². The molecule has 2 aliphatic heterocycles. The smallest absolute Gasteiger partial charge is 0.322 e. The molecule has 5 nitrogen and oxygen atoms in total. The van der Waals surface area contributed by atoms with Crippen LogP contribution in [0, 0.1) is 0 Å². The van der Waals surface area contributed by atoms with Crippen LogP contribution in [0.1, 0.15) is 86.0 Å². The Morgan fingerprint density at radius 2 is 1.46 bits per heavy atom. The Labute approximate surface area is 146 Å². The van der Waals surface area contributed by atoms with Crippen LogP contribution in [-0.4, -0.2) is 40.0 Å². The van der Waals surface area contributed by atoms with E-state index in [9.17, 15) is 9.59 Å². The van der Waals surface area contributed by atoms with Crippen LogP contribution in [0.3, 0.4) is 0 Å². The number of rotatable bonds is 7. The number of hydrogen-bond donors (Lipinski definition) is 2. The minimum absolute atomic E-state index is 0.125. The molecule has 0 unspecified atom stereocenters. The van der Waals surface area contributed by atoms with E-state index in [4.69, 9.17) is 0 Å². The van der Waals surface area contributed by atoms with Crippen molar-refractivity contribution < 1.29 is 9.59 Å². The quantitative estimate of drug-likeness (QED) is 0.551. The van der Waals surface area contributed by atoms with Gasteiger partial charge in [0, 0.05) is 11.1 Å². The highest BCUT2D eigenvalue weighted by molar-refractivity contribution is 6.07. The van der Waals surface area contributed by atoms with Gasteiger partial charge in [-0.3, -0.25) is 15.0 Å². The van der Waals surface area contributed by atoms with Gasteiger partial charge in [0.1, 0.15) is 5.54 Å². The second-order valence-corrected chi connectivity index (χ2v) is 8.89. The van der Waals surface area contributed by atoms with Crippen molar-refractivity contribution in [3.05, 3.63) is 0 Å². The van der Waals surface area contributed by atoms with Crippen LogP contribution in [-0.2, 0) is 4.79 Å². The number of nitrogens with one attached hydrogen (secondary N) is 2. The zero-order valence-corrected chi connectivity index (χ0v) is 16.1. The molecule has 0 aromatic carbocycles. The lowest BCUT2D eigenvalue weighted by atomic mass is 9.69. The van der Waals surface area contributed by atoms with Gasteiger partial charge in [0.15, 0.2) is 0 Å². The number of piperidine rings is 1. The Bertz CT molecular complexity index is 467. The van der Waals surface area contributed by atoms with Crippen molar-refractivity contribution in [2.24, 2.45) is 0 Å². The number of hydrogen-bond acceptors (Lipinski definition) is 3. The Hall–Kier alpha value is -1.10.